The van der Waals surface area contributed by atoms with Gasteiger partial charge >= 0.3 is 0 Å². The Hall–Kier alpha value is -1.77. The van der Waals surface area contributed by atoms with Crippen molar-refractivity contribution in [3.8, 4) is 0 Å². The highest BCUT2D eigenvalue weighted by Gasteiger charge is 2.31. The van der Waals surface area contributed by atoms with Gasteiger partial charge in [0, 0.05) is 50.0 Å². The molecular weight excluding hydrogens is 402 g/mol. The average Bonchev–Trinajstić information content (AvgIpc) is 3.45. The second-order valence-corrected chi connectivity index (χ2v) is 9.94. The molecule has 2 aliphatic rings. The fourth-order valence-corrected chi connectivity index (χ4v) is 5.10. The van der Waals surface area contributed by atoms with Gasteiger partial charge in [-0.15, -0.1) is 0 Å². The highest BCUT2D eigenvalue weighted by Crippen LogP contribution is 2.42. The first-order valence-electron chi connectivity index (χ1n) is 9.39. The zero-order chi connectivity index (χ0) is 20.1. The first-order valence-corrected chi connectivity index (χ1v) is 11.7. The van der Waals surface area contributed by atoms with Crippen LogP contribution in [0.2, 0.25) is 5.02 Å². The topological polar surface area (TPSA) is 84.4 Å². The summed E-state index contributed by atoms with van der Waals surface area (Å²) in [5.74, 6) is 0.400. The van der Waals surface area contributed by atoms with E-state index in [0.29, 0.717) is 54.9 Å². The van der Waals surface area contributed by atoms with Gasteiger partial charge < -0.3 is 9.64 Å². The van der Waals surface area contributed by atoms with Crippen LogP contribution in [0.15, 0.2) is 21.8 Å². The highest BCUT2D eigenvalue weighted by molar-refractivity contribution is 7.90. The molecule has 0 bridgehead atoms. The summed E-state index contributed by atoms with van der Waals surface area (Å²) in [6, 6.07) is 3.33. The molecule has 1 saturated carbocycles. The number of halogens is 1. The molecule has 152 valence electrons. The molecule has 1 aliphatic heterocycles. The van der Waals surface area contributed by atoms with Crippen molar-refractivity contribution in [2.24, 2.45) is 7.05 Å². The van der Waals surface area contributed by atoms with Crippen LogP contribution in [-0.4, -0.2) is 50.8 Å². The van der Waals surface area contributed by atoms with E-state index >= 15 is 0 Å². The predicted molar refractivity (Wildman–Crippen MR) is 108 cm³/mol. The molecule has 1 N–H and O–H groups in total. The van der Waals surface area contributed by atoms with Crippen LogP contribution in [0.3, 0.4) is 0 Å². The van der Waals surface area contributed by atoms with Gasteiger partial charge in [0.15, 0.2) is 9.84 Å². The van der Waals surface area contributed by atoms with Gasteiger partial charge in [-0.3, -0.25) is 14.6 Å². The molecule has 2 fully saturated rings. The van der Waals surface area contributed by atoms with Gasteiger partial charge in [0.2, 0.25) is 0 Å². The van der Waals surface area contributed by atoms with E-state index in [1.807, 2.05) is 4.90 Å². The van der Waals surface area contributed by atoms with Crippen molar-refractivity contribution in [1.29, 1.82) is 0 Å². The summed E-state index contributed by atoms with van der Waals surface area (Å²) >= 11 is 6.74. The number of ether oxygens (including phenoxy) is 1. The fourth-order valence-electron chi connectivity index (χ4n) is 3.79. The highest BCUT2D eigenvalue weighted by atomic mass is 35.5. The summed E-state index contributed by atoms with van der Waals surface area (Å²) in [4.78, 5) is 14.8. The monoisotopic (exact) mass is 425 g/mol. The van der Waals surface area contributed by atoms with Gasteiger partial charge in [-0.1, -0.05) is 17.7 Å². The molecule has 4 rings (SSSR count). The van der Waals surface area contributed by atoms with Crippen LogP contribution in [0.4, 0.5) is 5.69 Å². The Morgan fingerprint density at radius 2 is 1.93 bits per heavy atom. The Morgan fingerprint density at radius 1 is 1.25 bits per heavy atom. The van der Waals surface area contributed by atoms with E-state index in [1.54, 1.807) is 19.2 Å². The number of aromatic nitrogens is 2. The number of aryl methyl sites for hydroxylation is 1. The third-order valence-corrected chi connectivity index (χ3v) is 6.96. The molecule has 0 atom stereocenters. The fraction of sp³-hybridized carbons (Fsp3) is 0.526. The Balaban J connectivity index is 1.80. The van der Waals surface area contributed by atoms with Crippen molar-refractivity contribution in [2.75, 3.05) is 37.5 Å². The maximum atomic E-state index is 12.6. The SMILES string of the molecule is Cn1[nH]c(C2CC2)c(Cc2ccc(S(C)(=O)=O)c(N3CCOCC3)c2Cl)c1=O. The number of anilines is 1. The molecule has 1 aliphatic carbocycles. The summed E-state index contributed by atoms with van der Waals surface area (Å²) < 4.78 is 31.6. The van der Waals surface area contributed by atoms with Crippen LogP contribution >= 0.6 is 11.6 Å². The Labute approximate surface area is 169 Å². The lowest BCUT2D eigenvalue weighted by Gasteiger charge is -2.31. The summed E-state index contributed by atoms with van der Waals surface area (Å²) in [5, 5.41) is 3.56. The van der Waals surface area contributed by atoms with Crippen molar-refractivity contribution in [1.82, 2.24) is 9.78 Å². The molecule has 0 unspecified atom stereocenters. The predicted octanol–water partition coefficient (Wildman–Crippen LogP) is 2.08. The van der Waals surface area contributed by atoms with E-state index in [1.165, 1.54) is 10.9 Å². The summed E-state index contributed by atoms with van der Waals surface area (Å²) in [5.41, 5.74) is 2.91. The van der Waals surface area contributed by atoms with Crippen LogP contribution in [0.1, 0.15) is 35.6 Å². The number of nitrogens with zero attached hydrogens (tertiary/aromatic N) is 2. The second-order valence-electron chi connectivity index (χ2n) is 7.58. The molecule has 0 spiro atoms. The number of hydrogen-bond acceptors (Lipinski definition) is 5. The number of benzene rings is 1. The van der Waals surface area contributed by atoms with Crippen LogP contribution in [0, 0.1) is 0 Å². The van der Waals surface area contributed by atoms with E-state index in [2.05, 4.69) is 5.10 Å². The van der Waals surface area contributed by atoms with Crippen LogP contribution in [0.5, 0.6) is 0 Å². The van der Waals surface area contributed by atoms with Crippen LogP contribution < -0.4 is 10.5 Å². The maximum absolute atomic E-state index is 12.6. The molecule has 2 aromatic rings. The van der Waals surface area contributed by atoms with Gasteiger partial charge in [-0.05, 0) is 24.5 Å². The Kier molecular flexibility index (Phi) is 5.05. The smallest absolute Gasteiger partial charge is 0.270 e. The first-order chi connectivity index (χ1) is 13.3. The quantitative estimate of drug-likeness (QED) is 0.792. The molecule has 9 heteroatoms. The summed E-state index contributed by atoms with van der Waals surface area (Å²) in [6.45, 7) is 2.19. The third-order valence-electron chi connectivity index (χ3n) is 5.41. The molecule has 0 radical (unpaired) electrons. The minimum Gasteiger partial charge on any atom is -0.378 e. The van der Waals surface area contributed by atoms with Crippen molar-refractivity contribution in [3.63, 3.8) is 0 Å². The lowest BCUT2D eigenvalue weighted by molar-refractivity contribution is 0.122. The van der Waals surface area contributed by atoms with Gasteiger partial charge in [-0.2, -0.15) is 0 Å². The number of nitrogens with one attached hydrogen (secondary N) is 1. The van der Waals surface area contributed by atoms with E-state index in [4.69, 9.17) is 16.3 Å². The number of H-pyrrole nitrogens is 1. The largest absolute Gasteiger partial charge is 0.378 e. The van der Waals surface area contributed by atoms with Crippen LogP contribution in [0.25, 0.3) is 0 Å². The molecule has 1 aromatic carbocycles. The number of aromatic amines is 1. The number of hydrogen-bond donors (Lipinski definition) is 1. The Morgan fingerprint density at radius 3 is 2.54 bits per heavy atom. The van der Waals surface area contributed by atoms with E-state index in [9.17, 15) is 13.2 Å². The third kappa shape index (κ3) is 3.60. The second kappa shape index (κ2) is 7.24. The zero-order valence-electron chi connectivity index (χ0n) is 16.0. The van der Waals surface area contributed by atoms with Gasteiger partial charge in [-0.25, -0.2) is 8.42 Å². The maximum Gasteiger partial charge on any atom is 0.270 e. The molecule has 0 amide bonds. The van der Waals surface area contributed by atoms with Crippen molar-refractivity contribution >= 4 is 27.1 Å². The lowest BCUT2D eigenvalue weighted by atomic mass is 10.0. The number of sulfone groups is 1. The average molecular weight is 426 g/mol. The zero-order valence-corrected chi connectivity index (χ0v) is 17.6. The standard InChI is InChI=1S/C19H24ClN3O4S/c1-22-19(24)14(17(21-22)12-3-4-12)11-13-5-6-15(28(2,25)26)18(16(13)20)23-7-9-27-10-8-23/h5-6,12,21H,3-4,7-11H2,1-2H3. The van der Waals surface area contributed by atoms with Gasteiger partial charge in [0.05, 0.1) is 28.8 Å². The van der Waals surface area contributed by atoms with E-state index < -0.39 is 9.84 Å². The van der Waals surface area contributed by atoms with E-state index in [0.717, 1.165) is 24.1 Å². The molecule has 2 heterocycles. The minimum absolute atomic E-state index is 0.0573. The number of rotatable bonds is 5. The molecular formula is C19H24ClN3O4S. The minimum atomic E-state index is -3.45. The van der Waals surface area contributed by atoms with Crippen LogP contribution in [-0.2, 0) is 28.0 Å². The first kappa shape index (κ1) is 19.5. The van der Waals surface area contributed by atoms with Gasteiger partial charge in [0.25, 0.3) is 5.56 Å². The lowest BCUT2D eigenvalue weighted by Crippen LogP contribution is -2.37. The summed E-state index contributed by atoms with van der Waals surface area (Å²) in [7, 11) is -1.74. The summed E-state index contributed by atoms with van der Waals surface area (Å²) in [6.07, 6.45) is 3.72. The van der Waals surface area contributed by atoms with E-state index in [-0.39, 0.29) is 10.5 Å². The van der Waals surface area contributed by atoms with Crippen molar-refractivity contribution < 1.29 is 13.2 Å². The molecule has 28 heavy (non-hydrogen) atoms. The van der Waals surface area contributed by atoms with Crippen molar-refractivity contribution in [2.45, 2.75) is 30.1 Å². The molecule has 1 saturated heterocycles. The normalized spacial score (nSPS) is 17.9. The van der Waals surface area contributed by atoms with Gasteiger partial charge in [0.1, 0.15) is 0 Å². The molecule has 1 aromatic heterocycles. The molecule has 7 nitrogen and oxygen atoms in total. The Bertz CT molecular complexity index is 1060. The number of morpholine rings is 1. The van der Waals surface area contributed by atoms with Crippen molar-refractivity contribution in [3.05, 3.63) is 44.3 Å².